The van der Waals surface area contributed by atoms with Gasteiger partial charge in [0.15, 0.2) is 0 Å². The standard InChI is InChI=1S/C30H51N5O6/c1-19(2)31-29(38)33-24-12-13-26-25(15-24)28(37)35(22(6)18-36)16-21(5)27(17-34(8)30(39)32-20(3)4)40-14-10-9-11-23(7)41-26/h12-13,15,19-23,27,36H,9-11,14,16-18H2,1-8H3,(H,32,39)(H2,31,33,38)/t21-,22-,23-,27+/m0/s1. The minimum atomic E-state index is -0.494. The molecule has 0 bridgehead atoms. The third-order valence-corrected chi connectivity index (χ3v) is 6.94. The Bertz CT molecular complexity index is 1000. The fourth-order valence-electron chi connectivity index (χ4n) is 4.60. The summed E-state index contributed by atoms with van der Waals surface area (Å²) in [7, 11) is 1.73. The normalized spacial score (nSPS) is 21.4. The van der Waals surface area contributed by atoms with E-state index >= 15 is 0 Å². The highest BCUT2D eigenvalue weighted by atomic mass is 16.5. The molecule has 0 aliphatic carbocycles. The first-order valence-electron chi connectivity index (χ1n) is 14.8. The van der Waals surface area contributed by atoms with E-state index in [-0.39, 0.29) is 61.3 Å². The number of aliphatic hydroxyl groups is 1. The van der Waals surface area contributed by atoms with Crippen LogP contribution in [0.1, 0.15) is 78.1 Å². The quantitative estimate of drug-likeness (QED) is 0.386. The zero-order valence-corrected chi connectivity index (χ0v) is 26.0. The monoisotopic (exact) mass is 577 g/mol. The number of likely N-dealkylation sites (N-methyl/N-ethyl adjacent to an activating group) is 1. The van der Waals surface area contributed by atoms with E-state index in [1.807, 2.05) is 41.5 Å². The van der Waals surface area contributed by atoms with Crippen LogP contribution in [0.15, 0.2) is 18.2 Å². The Morgan fingerprint density at radius 3 is 2.41 bits per heavy atom. The molecule has 0 saturated carbocycles. The Hall–Kier alpha value is -3.05. The van der Waals surface area contributed by atoms with Crippen molar-refractivity contribution in [3.05, 3.63) is 23.8 Å². The molecule has 0 saturated heterocycles. The molecule has 1 aliphatic heterocycles. The molecule has 11 heteroatoms. The van der Waals surface area contributed by atoms with E-state index in [1.165, 1.54) is 0 Å². The van der Waals surface area contributed by atoms with E-state index in [9.17, 15) is 19.5 Å². The van der Waals surface area contributed by atoms with E-state index in [1.54, 1.807) is 42.0 Å². The highest BCUT2D eigenvalue weighted by Gasteiger charge is 2.31. The van der Waals surface area contributed by atoms with Gasteiger partial charge < -0.3 is 40.3 Å². The fourth-order valence-corrected chi connectivity index (χ4v) is 4.60. The van der Waals surface area contributed by atoms with Crippen LogP contribution in [0.25, 0.3) is 0 Å². The molecule has 232 valence electrons. The summed E-state index contributed by atoms with van der Waals surface area (Å²) in [6.45, 7) is 14.2. The number of nitrogens with one attached hydrogen (secondary N) is 3. The maximum Gasteiger partial charge on any atom is 0.319 e. The van der Waals surface area contributed by atoms with Crippen molar-refractivity contribution in [3.63, 3.8) is 0 Å². The van der Waals surface area contributed by atoms with Crippen molar-refractivity contribution in [2.45, 2.75) is 98.1 Å². The zero-order chi connectivity index (χ0) is 30.7. The van der Waals surface area contributed by atoms with Gasteiger partial charge in [0, 0.05) is 50.4 Å². The van der Waals surface area contributed by atoms with Crippen LogP contribution in [-0.2, 0) is 4.74 Å². The molecule has 0 spiro atoms. The third-order valence-electron chi connectivity index (χ3n) is 6.94. The van der Waals surface area contributed by atoms with Crippen LogP contribution in [0.3, 0.4) is 0 Å². The minimum Gasteiger partial charge on any atom is -0.490 e. The smallest absolute Gasteiger partial charge is 0.319 e. The molecule has 0 unspecified atom stereocenters. The molecule has 0 radical (unpaired) electrons. The maximum absolute atomic E-state index is 14.1. The van der Waals surface area contributed by atoms with Crippen LogP contribution in [-0.4, -0.2) is 96.6 Å². The molecule has 4 atom stereocenters. The highest BCUT2D eigenvalue weighted by Crippen LogP contribution is 2.28. The molecule has 41 heavy (non-hydrogen) atoms. The number of aliphatic hydroxyl groups excluding tert-OH is 1. The summed E-state index contributed by atoms with van der Waals surface area (Å²) in [6, 6.07) is 3.95. The van der Waals surface area contributed by atoms with Crippen molar-refractivity contribution in [2.24, 2.45) is 5.92 Å². The lowest BCUT2D eigenvalue weighted by Crippen LogP contribution is -2.49. The van der Waals surface area contributed by atoms with Crippen LogP contribution < -0.4 is 20.7 Å². The van der Waals surface area contributed by atoms with Gasteiger partial charge in [-0.05, 0) is 79.0 Å². The maximum atomic E-state index is 14.1. The van der Waals surface area contributed by atoms with Gasteiger partial charge in [0.1, 0.15) is 5.75 Å². The number of nitrogens with zero attached hydrogens (tertiary/aromatic N) is 2. The van der Waals surface area contributed by atoms with E-state index in [0.717, 1.165) is 19.3 Å². The molecule has 1 aromatic carbocycles. The first kappa shape index (κ1) is 34.2. The number of amides is 5. The van der Waals surface area contributed by atoms with Crippen molar-refractivity contribution < 1.29 is 29.0 Å². The lowest BCUT2D eigenvalue weighted by molar-refractivity contribution is -0.0122. The van der Waals surface area contributed by atoms with Crippen LogP contribution >= 0.6 is 0 Å². The summed E-state index contributed by atoms with van der Waals surface area (Å²) in [5.41, 5.74) is 0.755. The van der Waals surface area contributed by atoms with Crippen molar-refractivity contribution >= 4 is 23.7 Å². The van der Waals surface area contributed by atoms with Crippen molar-refractivity contribution in [1.82, 2.24) is 20.4 Å². The Morgan fingerprint density at radius 2 is 1.78 bits per heavy atom. The summed E-state index contributed by atoms with van der Waals surface area (Å²) < 4.78 is 12.5. The molecule has 1 heterocycles. The minimum absolute atomic E-state index is 0.00547. The van der Waals surface area contributed by atoms with Gasteiger partial charge in [0.05, 0.1) is 30.4 Å². The second kappa shape index (κ2) is 16.4. The molecular weight excluding hydrogens is 526 g/mol. The summed E-state index contributed by atoms with van der Waals surface area (Å²) in [5, 5.41) is 18.6. The Balaban J connectivity index is 2.44. The average molecular weight is 578 g/mol. The van der Waals surface area contributed by atoms with E-state index < -0.39 is 6.04 Å². The van der Waals surface area contributed by atoms with Gasteiger partial charge in [-0.2, -0.15) is 0 Å². The number of urea groups is 2. The van der Waals surface area contributed by atoms with Crippen molar-refractivity contribution in [2.75, 3.05) is 38.7 Å². The number of ether oxygens (including phenoxy) is 2. The van der Waals surface area contributed by atoms with E-state index in [0.29, 0.717) is 30.2 Å². The van der Waals surface area contributed by atoms with Gasteiger partial charge in [0.2, 0.25) is 0 Å². The Morgan fingerprint density at radius 1 is 1.10 bits per heavy atom. The molecule has 1 aliphatic rings. The summed E-state index contributed by atoms with van der Waals surface area (Å²) in [5.74, 6) is -0.0584. The van der Waals surface area contributed by atoms with Gasteiger partial charge in [-0.3, -0.25) is 4.79 Å². The van der Waals surface area contributed by atoms with Crippen LogP contribution in [0.4, 0.5) is 15.3 Å². The number of benzene rings is 1. The SMILES string of the molecule is CC(C)NC(=O)Nc1ccc2c(c1)C(=O)N([C@@H](C)CO)C[C@H](C)[C@@H](CN(C)C(=O)NC(C)C)OCCCC[C@H](C)O2. The largest absolute Gasteiger partial charge is 0.490 e. The molecule has 1 aromatic rings. The van der Waals surface area contributed by atoms with E-state index in [2.05, 4.69) is 16.0 Å². The van der Waals surface area contributed by atoms with Crippen LogP contribution in [0.5, 0.6) is 5.75 Å². The van der Waals surface area contributed by atoms with E-state index in [4.69, 9.17) is 9.47 Å². The Labute approximate surface area is 245 Å². The van der Waals surface area contributed by atoms with Gasteiger partial charge in [-0.25, -0.2) is 9.59 Å². The summed E-state index contributed by atoms with van der Waals surface area (Å²) in [6.07, 6.45) is 1.98. The van der Waals surface area contributed by atoms with Gasteiger partial charge in [-0.1, -0.05) is 6.92 Å². The van der Waals surface area contributed by atoms with Crippen LogP contribution in [0, 0.1) is 5.92 Å². The summed E-state index contributed by atoms with van der Waals surface area (Å²) >= 11 is 0. The molecule has 0 fully saturated rings. The van der Waals surface area contributed by atoms with Gasteiger partial charge in [-0.15, -0.1) is 0 Å². The number of anilines is 1. The predicted octanol–water partition coefficient (Wildman–Crippen LogP) is 4.06. The molecule has 2 rings (SSSR count). The lowest BCUT2D eigenvalue weighted by atomic mass is 10.0. The second-order valence-electron chi connectivity index (χ2n) is 11.7. The Kier molecular flexibility index (Phi) is 13.7. The number of hydrogen-bond acceptors (Lipinski definition) is 6. The second-order valence-corrected chi connectivity index (χ2v) is 11.7. The van der Waals surface area contributed by atoms with Gasteiger partial charge >= 0.3 is 12.1 Å². The zero-order valence-electron chi connectivity index (χ0n) is 26.0. The summed E-state index contributed by atoms with van der Waals surface area (Å²) in [4.78, 5) is 42.3. The number of hydrogen-bond donors (Lipinski definition) is 4. The predicted molar refractivity (Wildman–Crippen MR) is 160 cm³/mol. The van der Waals surface area contributed by atoms with Crippen molar-refractivity contribution in [3.8, 4) is 5.75 Å². The number of fused-ring (bicyclic) bond motifs is 1. The first-order valence-corrected chi connectivity index (χ1v) is 14.8. The molecule has 4 N–H and O–H groups in total. The highest BCUT2D eigenvalue weighted by molar-refractivity contribution is 5.99. The molecule has 11 nitrogen and oxygen atoms in total. The number of carbonyl (C=O) groups is 3. The third kappa shape index (κ3) is 11.0. The average Bonchev–Trinajstić information content (AvgIpc) is 2.89. The number of carbonyl (C=O) groups excluding carboxylic acids is 3. The van der Waals surface area contributed by atoms with Crippen LogP contribution in [0.2, 0.25) is 0 Å². The van der Waals surface area contributed by atoms with Crippen molar-refractivity contribution in [1.29, 1.82) is 0 Å². The molecular formula is C30H51N5O6. The topological polar surface area (TPSA) is 132 Å². The lowest BCUT2D eigenvalue weighted by Gasteiger charge is -2.36. The fraction of sp³-hybridized carbons (Fsp3) is 0.700. The molecule has 5 amide bonds. The van der Waals surface area contributed by atoms with Gasteiger partial charge in [0.25, 0.3) is 5.91 Å². The number of rotatable bonds is 7. The first-order chi connectivity index (χ1) is 19.3. The molecule has 0 aromatic heterocycles.